The van der Waals surface area contributed by atoms with Crippen molar-refractivity contribution in [3.8, 4) is 17.8 Å². The third kappa shape index (κ3) is 4.00. The molecule has 0 saturated heterocycles. The molecule has 73 valence electrons. The van der Waals surface area contributed by atoms with Crippen LogP contribution in [0, 0.1) is 25.0 Å². The summed E-state index contributed by atoms with van der Waals surface area (Å²) in [5.41, 5.74) is 1.14. The predicted molar refractivity (Wildman–Crippen MR) is 57.9 cm³/mol. The molecule has 1 radical (unpaired) electrons. The summed E-state index contributed by atoms with van der Waals surface area (Å²) in [5.74, 6) is 3.74. The fourth-order valence-electron chi connectivity index (χ4n) is 1.03. The number of aryl methyl sites for hydroxylation is 1. The van der Waals surface area contributed by atoms with E-state index in [4.69, 9.17) is 4.74 Å². The molecule has 14 heavy (non-hydrogen) atoms. The van der Waals surface area contributed by atoms with E-state index in [-0.39, 0.29) is 0 Å². The largest absolute Gasteiger partial charge is 0.408 e. The molecule has 1 nitrogen and oxygen atoms in total. The summed E-state index contributed by atoms with van der Waals surface area (Å²) < 4.78 is 5.24. The topological polar surface area (TPSA) is 9.23 Å². The van der Waals surface area contributed by atoms with Gasteiger partial charge in [-0.2, -0.15) is 0 Å². The molecule has 0 amide bonds. The summed E-state index contributed by atoms with van der Waals surface area (Å²) in [6.07, 6.45) is 5.91. The SMILES string of the molecule is CCCCC#COc1c[c]cc(C)c1. The minimum atomic E-state index is 0.772. The summed E-state index contributed by atoms with van der Waals surface area (Å²) in [6, 6.07) is 8.65. The Morgan fingerprint density at radius 2 is 2.29 bits per heavy atom. The van der Waals surface area contributed by atoms with E-state index < -0.39 is 0 Å². The smallest absolute Gasteiger partial charge is 0.141 e. The van der Waals surface area contributed by atoms with E-state index in [0.717, 1.165) is 24.2 Å². The third-order valence-corrected chi connectivity index (χ3v) is 1.80. The van der Waals surface area contributed by atoms with E-state index in [9.17, 15) is 0 Å². The van der Waals surface area contributed by atoms with Crippen molar-refractivity contribution in [2.24, 2.45) is 0 Å². The highest BCUT2D eigenvalue weighted by Gasteiger charge is 1.90. The Morgan fingerprint density at radius 3 is 3.00 bits per heavy atom. The van der Waals surface area contributed by atoms with E-state index in [2.05, 4.69) is 25.0 Å². The van der Waals surface area contributed by atoms with Crippen LogP contribution in [0.5, 0.6) is 5.75 Å². The molecule has 1 aromatic rings. The quantitative estimate of drug-likeness (QED) is 0.521. The first-order valence-electron chi connectivity index (χ1n) is 4.95. The normalized spacial score (nSPS) is 9.00. The second-order valence-corrected chi connectivity index (χ2v) is 3.23. The van der Waals surface area contributed by atoms with Crippen molar-refractivity contribution in [2.75, 3.05) is 0 Å². The summed E-state index contributed by atoms with van der Waals surface area (Å²) in [4.78, 5) is 0. The van der Waals surface area contributed by atoms with Crippen molar-refractivity contribution in [1.29, 1.82) is 0 Å². The molecule has 0 unspecified atom stereocenters. The Morgan fingerprint density at radius 1 is 1.43 bits per heavy atom. The van der Waals surface area contributed by atoms with Gasteiger partial charge in [0.25, 0.3) is 0 Å². The molecule has 1 rings (SSSR count). The van der Waals surface area contributed by atoms with Gasteiger partial charge in [-0.05, 0) is 37.1 Å². The van der Waals surface area contributed by atoms with Crippen molar-refractivity contribution in [3.63, 3.8) is 0 Å². The Bertz CT molecular complexity index is 331. The van der Waals surface area contributed by atoms with E-state index in [1.165, 1.54) is 6.42 Å². The average Bonchev–Trinajstić information content (AvgIpc) is 2.18. The lowest BCUT2D eigenvalue weighted by atomic mass is 10.2. The highest BCUT2D eigenvalue weighted by atomic mass is 16.5. The third-order valence-electron chi connectivity index (χ3n) is 1.80. The van der Waals surface area contributed by atoms with Gasteiger partial charge in [-0.25, -0.2) is 0 Å². The summed E-state index contributed by atoms with van der Waals surface area (Å²) in [7, 11) is 0. The lowest BCUT2D eigenvalue weighted by Crippen LogP contribution is -1.83. The van der Waals surface area contributed by atoms with Crippen LogP contribution in [-0.2, 0) is 0 Å². The molecule has 0 heterocycles. The van der Waals surface area contributed by atoms with E-state index in [0.29, 0.717) is 0 Å². The highest BCUT2D eigenvalue weighted by Crippen LogP contribution is 2.10. The molecule has 0 aromatic heterocycles. The minimum absolute atomic E-state index is 0.772. The highest BCUT2D eigenvalue weighted by molar-refractivity contribution is 5.27. The molecule has 0 aliphatic heterocycles. The zero-order valence-electron chi connectivity index (χ0n) is 8.76. The van der Waals surface area contributed by atoms with Gasteiger partial charge in [-0.15, -0.1) is 0 Å². The Hall–Kier alpha value is -1.42. The van der Waals surface area contributed by atoms with Crippen LogP contribution in [-0.4, -0.2) is 0 Å². The number of rotatable bonds is 3. The van der Waals surface area contributed by atoms with Crippen LogP contribution in [0.2, 0.25) is 0 Å². The van der Waals surface area contributed by atoms with Crippen LogP contribution in [0.4, 0.5) is 0 Å². The van der Waals surface area contributed by atoms with Gasteiger partial charge in [0.1, 0.15) is 11.9 Å². The van der Waals surface area contributed by atoms with Gasteiger partial charge in [0.2, 0.25) is 0 Å². The van der Waals surface area contributed by atoms with Gasteiger partial charge in [0.05, 0.1) is 0 Å². The minimum Gasteiger partial charge on any atom is -0.408 e. The van der Waals surface area contributed by atoms with Crippen molar-refractivity contribution in [1.82, 2.24) is 0 Å². The first-order chi connectivity index (χ1) is 6.83. The molecule has 0 atom stereocenters. The van der Waals surface area contributed by atoms with Gasteiger partial charge in [0.15, 0.2) is 0 Å². The maximum absolute atomic E-state index is 5.24. The van der Waals surface area contributed by atoms with Crippen LogP contribution >= 0.6 is 0 Å². The van der Waals surface area contributed by atoms with E-state index >= 15 is 0 Å². The molecule has 0 bridgehead atoms. The molecule has 0 saturated carbocycles. The van der Waals surface area contributed by atoms with Crippen LogP contribution in [0.1, 0.15) is 31.7 Å². The van der Waals surface area contributed by atoms with Crippen molar-refractivity contribution < 1.29 is 4.74 Å². The monoisotopic (exact) mass is 187 g/mol. The Balaban J connectivity index is 2.40. The Labute approximate surface area is 86.1 Å². The number of hydrogen-bond acceptors (Lipinski definition) is 1. The first-order valence-corrected chi connectivity index (χ1v) is 4.95. The fourth-order valence-corrected chi connectivity index (χ4v) is 1.03. The molecular formula is C13H15O. The molecule has 0 aliphatic carbocycles. The predicted octanol–water partition coefficient (Wildman–Crippen LogP) is 3.33. The van der Waals surface area contributed by atoms with Gasteiger partial charge >= 0.3 is 0 Å². The summed E-state index contributed by atoms with van der Waals surface area (Å²) >= 11 is 0. The van der Waals surface area contributed by atoms with Gasteiger partial charge < -0.3 is 4.74 Å². The maximum Gasteiger partial charge on any atom is 0.141 e. The van der Waals surface area contributed by atoms with E-state index in [1.54, 1.807) is 6.07 Å². The van der Waals surface area contributed by atoms with Crippen molar-refractivity contribution >= 4 is 0 Å². The lowest BCUT2D eigenvalue weighted by Gasteiger charge is -1.96. The summed E-state index contributed by atoms with van der Waals surface area (Å²) in [6.45, 7) is 4.16. The number of hydrogen-bond donors (Lipinski definition) is 0. The molecule has 1 aromatic carbocycles. The standard InChI is InChI=1S/C13H15O/c1-3-4-5-6-10-14-13-9-7-8-12(2)11-13/h8-9,11H,3-5H2,1-2H3. The van der Waals surface area contributed by atoms with Crippen molar-refractivity contribution in [2.45, 2.75) is 33.1 Å². The first kappa shape index (κ1) is 10.7. The zero-order valence-corrected chi connectivity index (χ0v) is 8.76. The number of unbranched alkanes of at least 4 members (excludes halogenated alkanes) is 2. The van der Waals surface area contributed by atoms with Gasteiger partial charge in [-0.1, -0.05) is 25.3 Å². The molecule has 1 heteroatoms. The number of ether oxygens (including phenoxy) is 1. The molecular weight excluding hydrogens is 172 g/mol. The Kier molecular flexibility index (Phi) is 4.64. The zero-order chi connectivity index (χ0) is 10.2. The molecule has 0 fully saturated rings. The average molecular weight is 187 g/mol. The van der Waals surface area contributed by atoms with Gasteiger partial charge in [0, 0.05) is 6.42 Å². The van der Waals surface area contributed by atoms with Crippen LogP contribution < -0.4 is 4.74 Å². The molecule has 0 aliphatic rings. The van der Waals surface area contributed by atoms with Gasteiger partial charge in [-0.3, -0.25) is 0 Å². The lowest BCUT2D eigenvalue weighted by molar-refractivity contribution is 0.518. The van der Waals surface area contributed by atoms with Crippen LogP contribution in [0.3, 0.4) is 0 Å². The second kappa shape index (κ2) is 6.10. The fraction of sp³-hybridized carbons (Fsp3) is 0.385. The number of benzene rings is 1. The maximum atomic E-state index is 5.24. The van der Waals surface area contributed by atoms with Crippen LogP contribution in [0.25, 0.3) is 0 Å². The summed E-state index contributed by atoms with van der Waals surface area (Å²) in [5, 5.41) is 0. The van der Waals surface area contributed by atoms with E-state index in [1.807, 2.05) is 19.1 Å². The molecule has 0 spiro atoms. The van der Waals surface area contributed by atoms with Crippen LogP contribution in [0.15, 0.2) is 18.2 Å². The van der Waals surface area contributed by atoms with Crippen molar-refractivity contribution in [3.05, 3.63) is 29.8 Å². The molecule has 0 N–H and O–H groups in total. The second-order valence-electron chi connectivity index (χ2n) is 3.23.